The summed E-state index contributed by atoms with van der Waals surface area (Å²) in [6.07, 6.45) is 1.66. The number of pyridine rings is 2. The van der Waals surface area contributed by atoms with Gasteiger partial charge in [0.05, 0.1) is 12.2 Å². The van der Waals surface area contributed by atoms with Crippen molar-refractivity contribution in [2.75, 3.05) is 5.73 Å². The minimum Gasteiger partial charge on any atom is -0.392 e. The predicted octanol–water partition coefficient (Wildman–Crippen LogP) is 3.17. The van der Waals surface area contributed by atoms with E-state index in [4.69, 9.17) is 15.7 Å². The summed E-state index contributed by atoms with van der Waals surface area (Å²) in [5.41, 5.74) is 12.2. The van der Waals surface area contributed by atoms with E-state index in [1.807, 2.05) is 60.9 Å². The summed E-state index contributed by atoms with van der Waals surface area (Å²) in [5, 5.41) is 9.31. The lowest BCUT2D eigenvalue weighted by Gasteiger charge is -2.11. The van der Waals surface area contributed by atoms with Gasteiger partial charge in [0.15, 0.2) is 11.5 Å². The smallest absolute Gasteiger partial charge is 0.165 e. The first-order valence-electron chi connectivity index (χ1n) is 8.36. The number of anilines is 1. The van der Waals surface area contributed by atoms with Crippen LogP contribution in [0.4, 0.5) is 5.82 Å². The van der Waals surface area contributed by atoms with Gasteiger partial charge in [-0.25, -0.2) is 15.0 Å². The van der Waals surface area contributed by atoms with Crippen molar-refractivity contribution in [2.24, 2.45) is 0 Å². The van der Waals surface area contributed by atoms with Crippen molar-refractivity contribution in [1.29, 1.82) is 0 Å². The molecule has 26 heavy (non-hydrogen) atoms. The minimum absolute atomic E-state index is 0.00389. The molecule has 0 atom stereocenters. The number of rotatable bonds is 3. The van der Waals surface area contributed by atoms with Crippen molar-refractivity contribution in [3.63, 3.8) is 0 Å². The van der Waals surface area contributed by atoms with E-state index in [9.17, 15) is 5.11 Å². The number of hydrogen-bond donors (Lipinski definition) is 2. The van der Waals surface area contributed by atoms with Crippen LogP contribution in [0, 0.1) is 13.8 Å². The second kappa shape index (κ2) is 6.24. The molecule has 6 heteroatoms. The van der Waals surface area contributed by atoms with Gasteiger partial charge in [-0.15, -0.1) is 0 Å². The summed E-state index contributed by atoms with van der Waals surface area (Å²) in [5.74, 6) is 1.12. The van der Waals surface area contributed by atoms with Crippen LogP contribution in [0.2, 0.25) is 0 Å². The van der Waals surface area contributed by atoms with Crippen LogP contribution >= 0.6 is 0 Å². The first-order chi connectivity index (χ1) is 12.6. The fourth-order valence-corrected chi connectivity index (χ4v) is 2.97. The number of imidazole rings is 1. The molecule has 0 fully saturated rings. The lowest BCUT2D eigenvalue weighted by molar-refractivity contribution is 0.282. The van der Waals surface area contributed by atoms with Crippen molar-refractivity contribution < 1.29 is 5.11 Å². The summed E-state index contributed by atoms with van der Waals surface area (Å²) in [7, 11) is 0. The van der Waals surface area contributed by atoms with Crippen molar-refractivity contribution in [1.82, 2.24) is 19.5 Å². The Hall–Kier alpha value is -3.25. The van der Waals surface area contributed by atoms with Gasteiger partial charge in [0.25, 0.3) is 0 Å². The Kier molecular flexibility index (Phi) is 3.89. The molecule has 130 valence electrons. The van der Waals surface area contributed by atoms with Gasteiger partial charge in [-0.1, -0.05) is 12.1 Å². The van der Waals surface area contributed by atoms with Gasteiger partial charge in [0.2, 0.25) is 0 Å². The highest BCUT2D eigenvalue weighted by Crippen LogP contribution is 2.31. The third-order valence-electron chi connectivity index (χ3n) is 4.53. The van der Waals surface area contributed by atoms with Crippen LogP contribution in [0.25, 0.3) is 28.2 Å². The third kappa shape index (κ3) is 2.60. The van der Waals surface area contributed by atoms with Gasteiger partial charge >= 0.3 is 0 Å². The Morgan fingerprint density at radius 1 is 1.08 bits per heavy atom. The molecule has 0 amide bonds. The lowest BCUT2D eigenvalue weighted by atomic mass is 10.2. The molecule has 6 nitrogen and oxygen atoms in total. The molecule has 4 rings (SSSR count). The summed E-state index contributed by atoms with van der Waals surface area (Å²) < 4.78 is 1.98. The number of aliphatic hydroxyl groups is 1. The molecule has 3 heterocycles. The number of aliphatic hydroxyl groups excluding tert-OH is 1. The normalized spacial score (nSPS) is 11.2. The van der Waals surface area contributed by atoms with Gasteiger partial charge in [-0.05, 0) is 55.3 Å². The largest absolute Gasteiger partial charge is 0.392 e. The van der Waals surface area contributed by atoms with E-state index >= 15 is 0 Å². The Morgan fingerprint density at radius 3 is 2.54 bits per heavy atom. The van der Waals surface area contributed by atoms with E-state index in [1.165, 1.54) is 0 Å². The zero-order valence-electron chi connectivity index (χ0n) is 14.6. The SMILES string of the molecule is Cc1cc2nc(-c3cccnc3N)n(-c3ccc(CO)cc3)c2nc1C. The van der Waals surface area contributed by atoms with Crippen molar-refractivity contribution >= 4 is 17.0 Å². The van der Waals surface area contributed by atoms with Crippen LogP contribution in [0.5, 0.6) is 0 Å². The molecule has 0 aliphatic rings. The topological polar surface area (TPSA) is 89.8 Å². The number of hydrogen-bond acceptors (Lipinski definition) is 5. The zero-order chi connectivity index (χ0) is 18.3. The van der Waals surface area contributed by atoms with Crippen LogP contribution < -0.4 is 5.73 Å². The first kappa shape index (κ1) is 16.2. The molecule has 4 aromatic rings. The second-order valence-electron chi connectivity index (χ2n) is 6.26. The molecular formula is C20H19N5O. The highest BCUT2D eigenvalue weighted by Gasteiger charge is 2.18. The van der Waals surface area contributed by atoms with E-state index < -0.39 is 0 Å². The van der Waals surface area contributed by atoms with Gasteiger partial charge < -0.3 is 10.8 Å². The van der Waals surface area contributed by atoms with Gasteiger partial charge in [-0.3, -0.25) is 4.57 Å². The predicted molar refractivity (Wildman–Crippen MR) is 102 cm³/mol. The van der Waals surface area contributed by atoms with Gasteiger partial charge in [0.1, 0.15) is 11.3 Å². The van der Waals surface area contributed by atoms with Crippen LogP contribution in [0.3, 0.4) is 0 Å². The zero-order valence-corrected chi connectivity index (χ0v) is 14.6. The van der Waals surface area contributed by atoms with Crippen LogP contribution in [-0.4, -0.2) is 24.6 Å². The number of nitrogen functional groups attached to an aromatic ring is 1. The third-order valence-corrected chi connectivity index (χ3v) is 4.53. The number of nitrogens with two attached hydrogens (primary N) is 1. The van der Waals surface area contributed by atoms with Gasteiger partial charge in [0, 0.05) is 17.6 Å². The molecule has 0 radical (unpaired) electrons. The first-order valence-corrected chi connectivity index (χ1v) is 8.36. The molecule has 0 aliphatic heterocycles. The molecule has 0 aliphatic carbocycles. The molecular weight excluding hydrogens is 326 g/mol. The molecule has 0 unspecified atom stereocenters. The van der Waals surface area contributed by atoms with Crippen molar-refractivity contribution in [3.05, 3.63) is 65.5 Å². The number of fused-ring (bicyclic) bond motifs is 1. The fourth-order valence-electron chi connectivity index (χ4n) is 2.97. The Labute approximate surface area is 151 Å². The Balaban J connectivity index is 2.05. The van der Waals surface area contributed by atoms with E-state index in [0.717, 1.165) is 39.2 Å². The average Bonchev–Trinajstić information content (AvgIpc) is 3.00. The van der Waals surface area contributed by atoms with Crippen LogP contribution in [0.1, 0.15) is 16.8 Å². The fraction of sp³-hybridized carbons (Fsp3) is 0.150. The second-order valence-corrected chi connectivity index (χ2v) is 6.26. The molecule has 0 saturated carbocycles. The van der Waals surface area contributed by atoms with Crippen molar-refractivity contribution in [3.8, 4) is 17.1 Å². The van der Waals surface area contributed by atoms with E-state index in [0.29, 0.717) is 11.6 Å². The maximum Gasteiger partial charge on any atom is 0.165 e. The Bertz CT molecular complexity index is 1100. The molecule has 0 bridgehead atoms. The maximum absolute atomic E-state index is 9.31. The summed E-state index contributed by atoms with van der Waals surface area (Å²) in [6.45, 7) is 4.01. The van der Waals surface area contributed by atoms with Crippen LogP contribution in [-0.2, 0) is 6.61 Å². The van der Waals surface area contributed by atoms with Crippen molar-refractivity contribution in [2.45, 2.75) is 20.5 Å². The van der Waals surface area contributed by atoms with E-state index in [2.05, 4.69) is 4.98 Å². The lowest BCUT2D eigenvalue weighted by Crippen LogP contribution is -2.02. The monoisotopic (exact) mass is 345 g/mol. The number of benzene rings is 1. The molecule has 1 aromatic carbocycles. The van der Waals surface area contributed by atoms with Crippen LogP contribution in [0.15, 0.2) is 48.7 Å². The number of nitrogens with zero attached hydrogens (tertiary/aromatic N) is 4. The summed E-state index contributed by atoms with van der Waals surface area (Å²) >= 11 is 0. The maximum atomic E-state index is 9.31. The molecule has 3 aromatic heterocycles. The number of aryl methyl sites for hydroxylation is 2. The number of aromatic nitrogens is 4. The highest BCUT2D eigenvalue weighted by molar-refractivity contribution is 5.83. The van der Waals surface area contributed by atoms with E-state index in [-0.39, 0.29) is 6.61 Å². The summed E-state index contributed by atoms with van der Waals surface area (Å²) in [6, 6.07) is 13.4. The van der Waals surface area contributed by atoms with E-state index in [1.54, 1.807) is 6.20 Å². The minimum atomic E-state index is 0.00389. The Morgan fingerprint density at radius 2 is 1.85 bits per heavy atom. The average molecular weight is 345 g/mol. The highest BCUT2D eigenvalue weighted by atomic mass is 16.3. The van der Waals surface area contributed by atoms with Gasteiger partial charge in [-0.2, -0.15) is 0 Å². The standard InChI is InChI=1S/C20H19N5O/c1-12-10-17-20(23-13(12)2)25(15-7-5-14(11-26)6-8-15)19(24-17)16-4-3-9-22-18(16)21/h3-10,26H,11H2,1-2H3,(H2,21,22). The molecule has 0 saturated heterocycles. The molecule has 3 N–H and O–H groups in total. The quantitative estimate of drug-likeness (QED) is 0.595. The molecule has 0 spiro atoms. The summed E-state index contributed by atoms with van der Waals surface area (Å²) in [4.78, 5) is 13.7.